The molecule has 0 amide bonds. The summed E-state index contributed by atoms with van der Waals surface area (Å²) in [6.45, 7) is 2.23. The highest BCUT2D eigenvalue weighted by Gasteiger charge is 2.26. The fourth-order valence-electron chi connectivity index (χ4n) is 1.47. The summed E-state index contributed by atoms with van der Waals surface area (Å²) < 4.78 is 49.2. The molecule has 8 heteroatoms. The molecule has 0 fully saturated rings. The minimum absolute atomic E-state index is 0.0160. The second kappa shape index (κ2) is 8.07. The second-order valence-electron chi connectivity index (χ2n) is 4.24. The minimum atomic E-state index is -4.21. The lowest BCUT2D eigenvalue weighted by Gasteiger charge is -2.12. The van der Waals surface area contributed by atoms with Gasteiger partial charge in [-0.1, -0.05) is 17.7 Å². The Labute approximate surface area is 125 Å². The fraction of sp³-hybridized carbons (Fsp3) is 0.462. The Balaban J connectivity index is 2.60. The molecule has 0 bridgehead atoms. The van der Waals surface area contributed by atoms with E-state index in [0.717, 1.165) is 0 Å². The van der Waals surface area contributed by atoms with Crippen molar-refractivity contribution in [3.63, 3.8) is 0 Å². The van der Waals surface area contributed by atoms with Crippen LogP contribution in [-0.2, 0) is 6.54 Å². The molecule has 0 aliphatic carbocycles. The Bertz CT molecular complexity index is 489. The number of halogens is 5. The normalized spacial score (nSPS) is 12.4. The van der Waals surface area contributed by atoms with Crippen molar-refractivity contribution in [3.8, 4) is 0 Å². The number of benzene rings is 1. The van der Waals surface area contributed by atoms with Crippen LogP contribution in [0.1, 0.15) is 18.9 Å². The number of nitrogens with one attached hydrogen (secondary N) is 2. The van der Waals surface area contributed by atoms with Gasteiger partial charge in [-0.15, -0.1) is 0 Å². The molecule has 0 aliphatic heterocycles. The molecule has 1 rings (SSSR count). The molecule has 0 spiro atoms. The van der Waals surface area contributed by atoms with E-state index in [9.17, 15) is 17.6 Å². The van der Waals surface area contributed by atoms with Crippen LogP contribution in [0.3, 0.4) is 0 Å². The Kier molecular flexibility index (Phi) is 6.74. The van der Waals surface area contributed by atoms with Gasteiger partial charge in [-0.2, -0.15) is 13.2 Å². The Morgan fingerprint density at radius 2 is 2.00 bits per heavy atom. The highest BCUT2D eigenvalue weighted by atomic mass is 35.5. The molecule has 1 aromatic rings. The van der Waals surface area contributed by atoms with E-state index in [-0.39, 0.29) is 24.1 Å². The van der Waals surface area contributed by atoms with Gasteiger partial charge in [0, 0.05) is 13.1 Å². The highest BCUT2D eigenvalue weighted by molar-refractivity contribution is 6.30. The van der Waals surface area contributed by atoms with Gasteiger partial charge in [0.15, 0.2) is 5.96 Å². The van der Waals surface area contributed by atoms with E-state index < -0.39 is 18.4 Å². The van der Waals surface area contributed by atoms with Crippen molar-refractivity contribution in [2.24, 2.45) is 4.99 Å². The van der Waals surface area contributed by atoms with Crippen molar-refractivity contribution < 1.29 is 17.6 Å². The number of nitrogens with zero attached hydrogens (tertiary/aromatic N) is 1. The SMILES string of the molecule is CCNC(=NCc1ccc(F)c(Cl)c1)NCCC(F)(F)F. The van der Waals surface area contributed by atoms with Crippen LogP contribution < -0.4 is 10.6 Å². The van der Waals surface area contributed by atoms with Crippen LogP contribution in [0.4, 0.5) is 17.6 Å². The molecule has 2 N–H and O–H groups in total. The van der Waals surface area contributed by atoms with Crippen LogP contribution in [0.5, 0.6) is 0 Å². The maximum absolute atomic E-state index is 13.0. The number of rotatable bonds is 5. The minimum Gasteiger partial charge on any atom is -0.357 e. The molecular weight excluding hydrogens is 310 g/mol. The fourth-order valence-corrected chi connectivity index (χ4v) is 1.68. The Hall–Kier alpha value is -1.50. The summed E-state index contributed by atoms with van der Waals surface area (Å²) >= 11 is 5.64. The summed E-state index contributed by atoms with van der Waals surface area (Å²) in [7, 11) is 0. The van der Waals surface area contributed by atoms with Gasteiger partial charge in [0.25, 0.3) is 0 Å². The van der Waals surface area contributed by atoms with E-state index in [1.54, 1.807) is 6.92 Å². The maximum Gasteiger partial charge on any atom is 0.390 e. The summed E-state index contributed by atoms with van der Waals surface area (Å²) in [6.07, 6.45) is -5.16. The predicted molar refractivity (Wildman–Crippen MR) is 74.9 cm³/mol. The van der Waals surface area contributed by atoms with Gasteiger partial charge in [0.1, 0.15) is 5.82 Å². The van der Waals surface area contributed by atoms with E-state index >= 15 is 0 Å². The molecule has 0 aromatic heterocycles. The van der Waals surface area contributed by atoms with E-state index in [1.165, 1.54) is 18.2 Å². The molecule has 21 heavy (non-hydrogen) atoms. The van der Waals surface area contributed by atoms with E-state index in [0.29, 0.717) is 12.1 Å². The first-order valence-corrected chi connectivity index (χ1v) is 6.72. The van der Waals surface area contributed by atoms with Crippen LogP contribution in [0.25, 0.3) is 0 Å². The van der Waals surface area contributed by atoms with Crippen LogP contribution in [0.15, 0.2) is 23.2 Å². The van der Waals surface area contributed by atoms with E-state index in [1.807, 2.05) is 0 Å². The van der Waals surface area contributed by atoms with Crippen molar-refractivity contribution in [1.82, 2.24) is 10.6 Å². The summed E-state index contributed by atoms with van der Waals surface area (Å²) in [5, 5.41) is 5.40. The summed E-state index contributed by atoms with van der Waals surface area (Å²) in [5.74, 6) is -0.262. The average Bonchev–Trinajstić information content (AvgIpc) is 2.38. The van der Waals surface area contributed by atoms with E-state index in [2.05, 4.69) is 15.6 Å². The summed E-state index contributed by atoms with van der Waals surface area (Å²) in [6, 6.07) is 4.17. The lowest BCUT2D eigenvalue weighted by atomic mass is 10.2. The molecule has 1 aromatic carbocycles. The van der Waals surface area contributed by atoms with Gasteiger partial charge in [-0.3, -0.25) is 0 Å². The Morgan fingerprint density at radius 1 is 1.29 bits per heavy atom. The molecule has 0 heterocycles. The van der Waals surface area contributed by atoms with Gasteiger partial charge >= 0.3 is 6.18 Å². The monoisotopic (exact) mass is 325 g/mol. The zero-order valence-electron chi connectivity index (χ0n) is 11.4. The molecule has 0 saturated heterocycles. The third kappa shape index (κ3) is 7.17. The van der Waals surface area contributed by atoms with Gasteiger partial charge < -0.3 is 10.6 Å². The second-order valence-corrected chi connectivity index (χ2v) is 4.64. The average molecular weight is 326 g/mol. The topological polar surface area (TPSA) is 36.4 Å². The van der Waals surface area contributed by atoms with Crippen LogP contribution in [-0.4, -0.2) is 25.2 Å². The number of hydrogen-bond acceptors (Lipinski definition) is 1. The zero-order valence-corrected chi connectivity index (χ0v) is 12.2. The number of guanidine groups is 1. The van der Waals surface area contributed by atoms with Crippen molar-refractivity contribution in [3.05, 3.63) is 34.6 Å². The standard InChI is InChI=1S/C13H16ClF4N3/c1-2-19-12(20-6-5-13(16,17)18)21-8-9-3-4-11(15)10(14)7-9/h3-4,7H,2,5-6,8H2,1H3,(H2,19,20,21). The molecule has 0 atom stereocenters. The predicted octanol–water partition coefficient (Wildman–Crippen LogP) is 3.49. The maximum atomic E-state index is 13.0. The number of alkyl halides is 3. The zero-order chi connectivity index (χ0) is 15.9. The Morgan fingerprint density at radius 3 is 2.57 bits per heavy atom. The first-order valence-electron chi connectivity index (χ1n) is 6.34. The first-order chi connectivity index (χ1) is 9.81. The van der Waals surface area contributed by atoms with Crippen LogP contribution in [0, 0.1) is 5.82 Å². The van der Waals surface area contributed by atoms with Crippen LogP contribution in [0.2, 0.25) is 5.02 Å². The molecule has 118 valence electrons. The largest absolute Gasteiger partial charge is 0.390 e. The van der Waals surface area contributed by atoms with Crippen molar-refractivity contribution >= 4 is 17.6 Å². The van der Waals surface area contributed by atoms with Crippen LogP contribution >= 0.6 is 11.6 Å². The van der Waals surface area contributed by atoms with Gasteiger partial charge in [0.05, 0.1) is 18.0 Å². The number of hydrogen-bond donors (Lipinski definition) is 2. The van der Waals surface area contributed by atoms with Gasteiger partial charge in [-0.25, -0.2) is 9.38 Å². The van der Waals surface area contributed by atoms with Crippen molar-refractivity contribution in [1.29, 1.82) is 0 Å². The van der Waals surface area contributed by atoms with Crippen molar-refractivity contribution in [2.45, 2.75) is 26.1 Å². The molecule has 0 unspecified atom stereocenters. The number of aliphatic imine (C=N–C) groups is 1. The first kappa shape index (κ1) is 17.6. The third-order valence-corrected chi connectivity index (χ3v) is 2.74. The lowest BCUT2D eigenvalue weighted by Crippen LogP contribution is -2.38. The molecule has 0 aliphatic rings. The smallest absolute Gasteiger partial charge is 0.357 e. The van der Waals surface area contributed by atoms with Gasteiger partial charge in [-0.05, 0) is 24.6 Å². The lowest BCUT2D eigenvalue weighted by molar-refractivity contribution is -0.132. The van der Waals surface area contributed by atoms with E-state index in [4.69, 9.17) is 11.6 Å². The summed E-state index contributed by atoms with van der Waals surface area (Å²) in [4.78, 5) is 4.12. The summed E-state index contributed by atoms with van der Waals surface area (Å²) in [5.41, 5.74) is 0.662. The third-order valence-electron chi connectivity index (χ3n) is 2.45. The van der Waals surface area contributed by atoms with Crippen molar-refractivity contribution in [2.75, 3.05) is 13.1 Å². The molecule has 0 radical (unpaired) electrons. The quantitative estimate of drug-likeness (QED) is 0.494. The molecular formula is C13H16ClF4N3. The molecule has 3 nitrogen and oxygen atoms in total. The van der Waals surface area contributed by atoms with Gasteiger partial charge in [0.2, 0.25) is 0 Å². The molecule has 0 saturated carbocycles. The highest BCUT2D eigenvalue weighted by Crippen LogP contribution is 2.18.